The van der Waals surface area contributed by atoms with Gasteiger partial charge < -0.3 is 10.5 Å². The lowest BCUT2D eigenvalue weighted by molar-refractivity contribution is 0.0573. The van der Waals surface area contributed by atoms with Gasteiger partial charge >= 0.3 is 0 Å². The van der Waals surface area contributed by atoms with Crippen molar-refractivity contribution in [1.29, 1.82) is 0 Å². The van der Waals surface area contributed by atoms with Crippen LogP contribution < -0.4 is 5.73 Å². The Hall–Kier alpha value is 0.450. The van der Waals surface area contributed by atoms with Gasteiger partial charge in [0.25, 0.3) is 0 Å². The molecule has 2 N–H and O–H groups in total. The summed E-state index contributed by atoms with van der Waals surface area (Å²) in [5.74, 6) is 2.13. The Morgan fingerprint density at radius 1 is 1.67 bits per heavy atom. The fraction of sp³-hybridized carbons (Fsp3) is 0.600. The molecule has 1 aromatic rings. The van der Waals surface area contributed by atoms with Crippen LogP contribution in [-0.4, -0.2) is 30.3 Å². The van der Waals surface area contributed by atoms with Gasteiger partial charge in [-0.15, -0.1) is 11.3 Å². The topological polar surface area (TPSA) is 35.2 Å². The maximum absolute atomic E-state index is 6.16. The number of hydrogen-bond acceptors (Lipinski definition) is 4. The monoisotopic (exact) mass is 307 g/mol. The maximum atomic E-state index is 6.16. The van der Waals surface area contributed by atoms with E-state index < -0.39 is 0 Å². The molecule has 0 bridgehead atoms. The van der Waals surface area contributed by atoms with Gasteiger partial charge in [0.2, 0.25) is 0 Å². The number of nitrogens with two attached hydrogens (primary N) is 1. The minimum atomic E-state index is 0.118. The van der Waals surface area contributed by atoms with Crippen molar-refractivity contribution in [2.24, 2.45) is 5.73 Å². The van der Waals surface area contributed by atoms with Gasteiger partial charge in [0, 0.05) is 33.3 Å². The van der Waals surface area contributed by atoms with Crippen molar-refractivity contribution in [3.63, 3.8) is 0 Å². The lowest BCUT2D eigenvalue weighted by Gasteiger charge is -2.27. The Kier molecular flexibility index (Phi) is 4.52. The maximum Gasteiger partial charge on any atom is 0.0820 e. The average Bonchev–Trinajstić information content (AvgIpc) is 2.66. The highest BCUT2D eigenvalue weighted by atomic mass is 79.9. The Morgan fingerprint density at radius 2 is 2.53 bits per heavy atom. The largest absolute Gasteiger partial charge is 0.375 e. The molecule has 2 heterocycles. The van der Waals surface area contributed by atoms with Gasteiger partial charge in [0.15, 0.2) is 0 Å². The molecule has 1 aromatic heterocycles. The van der Waals surface area contributed by atoms with Crippen LogP contribution in [0.1, 0.15) is 4.88 Å². The van der Waals surface area contributed by atoms with Crippen molar-refractivity contribution in [3.05, 3.63) is 20.8 Å². The van der Waals surface area contributed by atoms with E-state index in [4.69, 9.17) is 10.5 Å². The van der Waals surface area contributed by atoms with E-state index in [1.54, 1.807) is 11.3 Å². The first-order valence-corrected chi connectivity index (χ1v) is 7.77. The molecule has 0 spiro atoms. The van der Waals surface area contributed by atoms with Crippen LogP contribution in [-0.2, 0) is 11.2 Å². The zero-order valence-corrected chi connectivity index (χ0v) is 11.5. The van der Waals surface area contributed by atoms with Crippen molar-refractivity contribution in [1.82, 2.24) is 0 Å². The van der Waals surface area contributed by atoms with E-state index in [-0.39, 0.29) is 12.1 Å². The highest BCUT2D eigenvalue weighted by Crippen LogP contribution is 2.25. The summed E-state index contributed by atoms with van der Waals surface area (Å²) in [7, 11) is 0. The first-order valence-electron chi connectivity index (χ1n) is 4.94. The molecule has 1 fully saturated rings. The molecule has 0 radical (unpaired) electrons. The summed E-state index contributed by atoms with van der Waals surface area (Å²) in [6, 6.07) is 2.19. The summed E-state index contributed by atoms with van der Waals surface area (Å²) in [6.07, 6.45) is 1.13. The van der Waals surface area contributed by atoms with E-state index in [0.29, 0.717) is 0 Å². The zero-order chi connectivity index (χ0) is 10.7. The van der Waals surface area contributed by atoms with E-state index in [1.807, 2.05) is 11.8 Å². The first-order chi connectivity index (χ1) is 7.27. The van der Waals surface area contributed by atoms with E-state index in [2.05, 4.69) is 27.4 Å². The molecule has 0 aromatic carbocycles. The third-order valence-electron chi connectivity index (χ3n) is 2.43. The van der Waals surface area contributed by atoms with Gasteiger partial charge in [-0.05, 0) is 27.4 Å². The number of halogens is 1. The number of ether oxygens (including phenoxy) is 1. The zero-order valence-electron chi connectivity index (χ0n) is 8.32. The van der Waals surface area contributed by atoms with Crippen LogP contribution in [0.15, 0.2) is 15.9 Å². The standard InChI is InChI=1S/C10H14BrNOS2/c11-7-1-3-15-10(7)5-8(12)9-6-14-4-2-13-9/h1,3,8-9H,2,4-6,12H2. The molecule has 2 atom stereocenters. The van der Waals surface area contributed by atoms with Crippen LogP contribution in [0.5, 0.6) is 0 Å². The molecule has 1 aliphatic rings. The summed E-state index contributed by atoms with van der Waals surface area (Å²) in [5.41, 5.74) is 6.16. The number of thioether (sulfide) groups is 1. The second kappa shape index (κ2) is 5.68. The number of rotatable bonds is 3. The van der Waals surface area contributed by atoms with Gasteiger partial charge in [0.05, 0.1) is 12.7 Å². The molecule has 0 aliphatic carbocycles. The molecule has 15 heavy (non-hydrogen) atoms. The smallest absolute Gasteiger partial charge is 0.0820 e. The van der Waals surface area contributed by atoms with Gasteiger partial charge in [-0.2, -0.15) is 11.8 Å². The molecule has 2 nitrogen and oxygen atoms in total. The highest BCUT2D eigenvalue weighted by Gasteiger charge is 2.22. The predicted octanol–water partition coefficient (Wildman–Crippen LogP) is 2.51. The molecule has 0 amide bonds. The van der Waals surface area contributed by atoms with E-state index in [1.165, 1.54) is 9.35 Å². The third kappa shape index (κ3) is 3.20. The van der Waals surface area contributed by atoms with Gasteiger partial charge in [0.1, 0.15) is 0 Å². The quantitative estimate of drug-likeness (QED) is 0.932. The van der Waals surface area contributed by atoms with E-state index in [9.17, 15) is 0 Å². The highest BCUT2D eigenvalue weighted by molar-refractivity contribution is 9.10. The number of thiophene rings is 1. The van der Waals surface area contributed by atoms with E-state index in [0.717, 1.165) is 24.5 Å². The van der Waals surface area contributed by atoms with E-state index >= 15 is 0 Å². The van der Waals surface area contributed by atoms with Crippen molar-refractivity contribution in [2.45, 2.75) is 18.6 Å². The second-order valence-corrected chi connectivity index (χ2v) is 6.55. The van der Waals surface area contributed by atoms with Crippen LogP contribution in [0.2, 0.25) is 0 Å². The molecule has 5 heteroatoms. The normalized spacial score (nSPS) is 24.0. The van der Waals surface area contributed by atoms with Gasteiger partial charge in [-0.3, -0.25) is 0 Å². The molecule has 1 saturated heterocycles. The first kappa shape index (κ1) is 11.9. The van der Waals surface area contributed by atoms with Crippen molar-refractivity contribution in [2.75, 3.05) is 18.1 Å². The summed E-state index contributed by atoms with van der Waals surface area (Å²) in [5, 5.41) is 2.09. The SMILES string of the molecule is NC(Cc1sccc1Br)C1CSCCO1. The lowest BCUT2D eigenvalue weighted by Crippen LogP contribution is -2.42. The van der Waals surface area contributed by atoms with Crippen molar-refractivity contribution < 1.29 is 4.74 Å². The predicted molar refractivity (Wildman–Crippen MR) is 70.8 cm³/mol. The molecule has 2 rings (SSSR count). The summed E-state index contributed by atoms with van der Waals surface area (Å²) in [4.78, 5) is 1.32. The summed E-state index contributed by atoms with van der Waals surface area (Å²) in [6.45, 7) is 0.842. The molecular formula is C10H14BrNOS2. The second-order valence-electron chi connectivity index (χ2n) is 3.54. The lowest BCUT2D eigenvalue weighted by atomic mass is 10.1. The fourth-order valence-electron chi connectivity index (χ4n) is 1.57. The molecular weight excluding hydrogens is 294 g/mol. The van der Waals surface area contributed by atoms with Gasteiger partial charge in [-0.1, -0.05) is 0 Å². The molecule has 1 aliphatic heterocycles. The van der Waals surface area contributed by atoms with Crippen LogP contribution in [0.3, 0.4) is 0 Å². The molecule has 2 unspecified atom stereocenters. The summed E-state index contributed by atoms with van der Waals surface area (Å²) >= 11 is 7.22. The Morgan fingerprint density at radius 3 is 3.13 bits per heavy atom. The average molecular weight is 308 g/mol. The summed E-state index contributed by atoms with van der Waals surface area (Å²) < 4.78 is 6.84. The minimum absolute atomic E-state index is 0.118. The molecule has 84 valence electrons. The third-order valence-corrected chi connectivity index (χ3v) is 5.40. The Bertz CT molecular complexity index is 312. The van der Waals surface area contributed by atoms with Crippen molar-refractivity contribution in [3.8, 4) is 0 Å². The Balaban J connectivity index is 1.91. The number of hydrogen-bond donors (Lipinski definition) is 1. The molecule has 0 saturated carbocycles. The van der Waals surface area contributed by atoms with Crippen LogP contribution in [0, 0.1) is 0 Å². The van der Waals surface area contributed by atoms with Crippen LogP contribution in [0.4, 0.5) is 0 Å². The van der Waals surface area contributed by atoms with Crippen molar-refractivity contribution >= 4 is 39.0 Å². The van der Waals surface area contributed by atoms with Crippen LogP contribution in [0.25, 0.3) is 0 Å². The minimum Gasteiger partial charge on any atom is -0.375 e. The van der Waals surface area contributed by atoms with Gasteiger partial charge in [-0.25, -0.2) is 0 Å². The van der Waals surface area contributed by atoms with Crippen LogP contribution >= 0.6 is 39.0 Å². The Labute approximate surface area is 107 Å². The fourth-order valence-corrected chi connectivity index (χ4v) is 4.11.